The lowest BCUT2D eigenvalue weighted by Gasteiger charge is -2.30. The zero-order valence-corrected chi connectivity index (χ0v) is 13.4. The lowest BCUT2D eigenvalue weighted by molar-refractivity contribution is 0.628. The highest BCUT2D eigenvalue weighted by atomic mass is 35.5. The van der Waals surface area contributed by atoms with Crippen molar-refractivity contribution in [2.45, 2.75) is 19.9 Å². The first-order valence-corrected chi connectivity index (χ1v) is 7.38. The molecule has 0 aromatic heterocycles. The van der Waals surface area contributed by atoms with Crippen LogP contribution in [0.25, 0.3) is 0 Å². The summed E-state index contributed by atoms with van der Waals surface area (Å²) in [6, 6.07) is 14.4. The van der Waals surface area contributed by atoms with E-state index in [1.54, 1.807) is 12.1 Å². The predicted molar refractivity (Wildman–Crippen MR) is 91.7 cm³/mol. The molecule has 0 saturated carbocycles. The molecule has 0 aliphatic rings. The van der Waals surface area contributed by atoms with Gasteiger partial charge in [0.05, 0.1) is 5.02 Å². The molecule has 0 atom stereocenters. The average Bonchev–Trinajstić information content (AvgIpc) is 2.43. The summed E-state index contributed by atoms with van der Waals surface area (Å²) >= 11 is 11.3. The summed E-state index contributed by atoms with van der Waals surface area (Å²) in [5.74, 6) is -0.439. The Balaban J connectivity index is 2.26. The van der Waals surface area contributed by atoms with Crippen molar-refractivity contribution in [1.29, 1.82) is 0 Å². The Labute approximate surface area is 134 Å². The summed E-state index contributed by atoms with van der Waals surface area (Å²) in [6.45, 7) is 4.02. The standard InChI is InChI=1S/C16H16ClFN2S/c1-11(2)20(13-8-9-15(18)14(17)10-13)16(21)19-12-6-4-3-5-7-12/h3-11H,1-2H3,(H,19,21). The first-order valence-electron chi connectivity index (χ1n) is 6.59. The van der Waals surface area contributed by atoms with Crippen molar-refractivity contribution < 1.29 is 4.39 Å². The van der Waals surface area contributed by atoms with Gasteiger partial charge in [-0.05, 0) is 56.4 Å². The molecule has 0 aliphatic carbocycles. The quantitative estimate of drug-likeness (QED) is 0.792. The van der Waals surface area contributed by atoms with Gasteiger partial charge >= 0.3 is 0 Å². The Bertz CT molecular complexity index is 631. The lowest BCUT2D eigenvalue weighted by atomic mass is 10.2. The van der Waals surface area contributed by atoms with Crippen molar-refractivity contribution in [3.05, 3.63) is 59.4 Å². The molecule has 0 heterocycles. The molecule has 0 saturated heterocycles. The number of nitrogens with zero attached hydrogens (tertiary/aromatic N) is 1. The van der Waals surface area contributed by atoms with Crippen LogP contribution in [0, 0.1) is 5.82 Å². The van der Waals surface area contributed by atoms with E-state index in [2.05, 4.69) is 5.32 Å². The van der Waals surface area contributed by atoms with Gasteiger partial charge in [0, 0.05) is 17.4 Å². The molecule has 0 amide bonds. The summed E-state index contributed by atoms with van der Waals surface area (Å²) in [5, 5.41) is 3.80. The lowest BCUT2D eigenvalue weighted by Crippen LogP contribution is -2.40. The second kappa shape index (κ2) is 6.87. The fourth-order valence-corrected chi connectivity index (χ4v) is 2.60. The van der Waals surface area contributed by atoms with Crippen LogP contribution in [0.4, 0.5) is 15.8 Å². The number of para-hydroxylation sites is 1. The largest absolute Gasteiger partial charge is 0.332 e. The second-order valence-electron chi connectivity index (χ2n) is 4.86. The summed E-state index contributed by atoms with van der Waals surface area (Å²) in [5.41, 5.74) is 1.66. The average molecular weight is 323 g/mol. The van der Waals surface area contributed by atoms with E-state index in [1.807, 2.05) is 49.1 Å². The van der Waals surface area contributed by atoms with Crippen LogP contribution in [0.15, 0.2) is 48.5 Å². The van der Waals surface area contributed by atoms with Crippen LogP contribution in [0.1, 0.15) is 13.8 Å². The Kier molecular flexibility index (Phi) is 5.15. The number of halogens is 2. The van der Waals surface area contributed by atoms with E-state index in [9.17, 15) is 4.39 Å². The molecule has 0 bridgehead atoms. The van der Waals surface area contributed by atoms with Crippen molar-refractivity contribution in [2.75, 3.05) is 10.2 Å². The Hall–Kier alpha value is -1.65. The molecule has 2 rings (SSSR count). The third-order valence-electron chi connectivity index (χ3n) is 2.94. The van der Waals surface area contributed by atoms with Crippen LogP contribution < -0.4 is 10.2 Å². The highest BCUT2D eigenvalue weighted by molar-refractivity contribution is 7.80. The first kappa shape index (κ1) is 15.7. The Morgan fingerprint density at radius 3 is 2.43 bits per heavy atom. The zero-order chi connectivity index (χ0) is 15.4. The topological polar surface area (TPSA) is 15.3 Å². The molecule has 0 spiro atoms. The maximum Gasteiger partial charge on any atom is 0.178 e. The van der Waals surface area contributed by atoms with Crippen LogP contribution in [0.3, 0.4) is 0 Å². The van der Waals surface area contributed by atoms with Crippen molar-refractivity contribution in [2.24, 2.45) is 0 Å². The molecular formula is C16H16ClFN2S. The summed E-state index contributed by atoms with van der Waals surface area (Å²) in [7, 11) is 0. The number of nitrogens with one attached hydrogen (secondary N) is 1. The number of rotatable bonds is 3. The van der Waals surface area contributed by atoms with Crippen molar-refractivity contribution in [3.8, 4) is 0 Å². The van der Waals surface area contributed by atoms with Crippen molar-refractivity contribution in [3.63, 3.8) is 0 Å². The molecule has 5 heteroatoms. The van der Waals surface area contributed by atoms with Gasteiger partial charge in [-0.1, -0.05) is 29.8 Å². The smallest absolute Gasteiger partial charge is 0.178 e. The molecule has 1 N–H and O–H groups in total. The molecule has 0 unspecified atom stereocenters. The Morgan fingerprint density at radius 2 is 1.86 bits per heavy atom. The molecular weight excluding hydrogens is 307 g/mol. The highest BCUT2D eigenvalue weighted by Crippen LogP contribution is 2.25. The van der Waals surface area contributed by atoms with E-state index in [-0.39, 0.29) is 11.1 Å². The van der Waals surface area contributed by atoms with Gasteiger partial charge in [0.15, 0.2) is 5.11 Å². The maximum atomic E-state index is 13.3. The first-order chi connectivity index (χ1) is 9.99. The normalized spacial score (nSPS) is 10.5. The molecule has 0 fully saturated rings. The highest BCUT2D eigenvalue weighted by Gasteiger charge is 2.17. The predicted octanol–water partition coefficient (Wildman–Crippen LogP) is 5.09. The number of hydrogen-bond acceptors (Lipinski definition) is 1. The molecule has 2 aromatic carbocycles. The fourth-order valence-electron chi connectivity index (χ4n) is 1.99. The molecule has 0 aliphatic heterocycles. The van der Waals surface area contributed by atoms with Gasteiger partial charge in [-0.15, -0.1) is 0 Å². The molecule has 2 aromatic rings. The van der Waals surface area contributed by atoms with Gasteiger partial charge in [-0.2, -0.15) is 0 Å². The SMILES string of the molecule is CC(C)N(C(=S)Nc1ccccc1)c1ccc(F)c(Cl)c1. The molecule has 110 valence electrons. The summed E-state index contributed by atoms with van der Waals surface area (Å²) in [6.07, 6.45) is 0. The monoisotopic (exact) mass is 322 g/mol. The summed E-state index contributed by atoms with van der Waals surface area (Å²) < 4.78 is 13.3. The minimum atomic E-state index is -0.439. The van der Waals surface area contributed by atoms with Crippen LogP contribution in [0.5, 0.6) is 0 Å². The number of hydrogen-bond donors (Lipinski definition) is 1. The number of thiocarbonyl (C=S) groups is 1. The minimum Gasteiger partial charge on any atom is -0.332 e. The van der Waals surface area contributed by atoms with E-state index in [0.29, 0.717) is 5.11 Å². The van der Waals surface area contributed by atoms with Crippen LogP contribution in [0.2, 0.25) is 5.02 Å². The fraction of sp³-hybridized carbons (Fsp3) is 0.188. The summed E-state index contributed by atoms with van der Waals surface area (Å²) in [4.78, 5) is 1.90. The van der Waals surface area contributed by atoms with Gasteiger partial charge in [0.1, 0.15) is 5.82 Å². The van der Waals surface area contributed by atoms with Crippen LogP contribution in [-0.4, -0.2) is 11.2 Å². The van der Waals surface area contributed by atoms with E-state index in [0.717, 1.165) is 11.4 Å². The molecule has 0 radical (unpaired) electrons. The van der Waals surface area contributed by atoms with E-state index < -0.39 is 5.82 Å². The third-order valence-corrected chi connectivity index (χ3v) is 3.53. The van der Waals surface area contributed by atoms with Crippen LogP contribution in [-0.2, 0) is 0 Å². The van der Waals surface area contributed by atoms with Crippen molar-refractivity contribution in [1.82, 2.24) is 0 Å². The molecule has 2 nitrogen and oxygen atoms in total. The zero-order valence-electron chi connectivity index (χ0n) is 11.8. The van der Waals surface area contributed by atoms with Gasteiger partial charge in [0.2, 0.25) is 0 Å². The van der Waals surface area contributed by atoms with Gasteiger partial charge in [-0.3, -0.25) is 0 Å². The van der Waals surface area contributed by atoms with Crippen molar-refractivity contribution >= 4 is 40.3 Å². The Morgan fingerprint density at radius 1 is 1.19 bits per heavy atom. The van der Waals surface area contributed by atoms with Crippen LogP contribution >= 0.6 is 23.8 Å². The third kappa shape index (κ3) is 3.93. The van der Waals surface area contributed by atoms with Gasteiger partial charge in [0.25, 0.3) is 0 Å². The molecule has 21 heavy (non-hydrogen) atoms. The van der Waals surface area contributed by atoms with E-state index in [1.165, 1.54) is 6.07 Å². The van der Waals surface area contributed by atoms with Gasteiger partial charge in [-0.25, -0.2) is 4.39 Å². The minimum absolute atomic E-state index is 0.0839. The number of benzene rings is 2. The maximum absolute atomic E-state index is 13.3. The van der Waals surface area contributed by atoms with E-state index >= 15 is 0 Å². The van der Waals surface area contributed by atoms with Gasteiger partial charge < -0.3 is 10.2 Å². The number of anilines is 2. The second-order valence-corrected chi connectivity index (χ2v) is 5.65. The van der Waals surface area contributed by atoms with E-state index in [4.69, 9.17) is 23.8 Å².